The van der Waals surface area contributed by atoms with Gasteiger partial charge in [-0.3, -0.25) is 14.5 Å². The van der Waals surface area contributed by atoms with Crippen molar-refractivity contribution in [1.82, 2.24) is 4.90 Å². The molecule has 3 rings (SSSR count). The number of amides is 2. The maximum absolute atomic E-state index is 13.3. The molecule has 0 saturated heterocycles. The number of carbonyl (C=O) groups excluding carboxylic acids is 2. The summed E-state index contributed by atoms with van der Waals surface area (Å²) in [5.74, 6) is -0.221. The van der Waals surface area contributed by atoms with E-state index in [1.165, 1.54) is 12.0 Å². The molecule has 0 unspecified atom stereocenters. The van der Waals surface area contributed by atoms with Crippen LogP contribution in [0.2, 0.25) is 5.02 Å². The number of carbonyl (C=O) groups is 2. The fourth-order valence-electron chi connectivity index (χ4n) is 3.42. The van der Waals surface area contributed by atoms with Gasteiger partial charge in [-0.05, 0) is 51.0 Å². The van der Waals surface area contributed by atoms with E-state index < -0.39 is 0 Å². The monoisotopic (exact) mass is 442 g/mol. The van der Waals surface area contributed by atoms with Gasteiger partial charge in [-0.25, -0.2) is 0 Å². The van der Waals surface area contributed by atoms with Crippen molar-refractivity contribution in [3.8, 4) is 5.75 Å². The first kappa shape index (κ1) is 22.8. The molecule has 0 radical (unpaired) electrons. The lowest BCUT2D eigenvalue weighted by Crippen LogP contribution is -2.34. The van der Waals surface area contributed by atoms with Gasteiger partial charge in [0.05, 0.1) is 18.8 Å². The quantitative estimate of drug-likeness (QED) is 0.451. The number of rotatable bonds is 9. The predicted molar refractivity (Wildman–Crippen MR) is 122 cm³/mol. The molecule has 1 N–H and O–H groups in total. The average molecular weight is 443 g/mol. The van der Waals surface area contributed by atoms with Crippen LogP contribution in [0.5, 0.6) is 5.75 Å². The number of para-hydroxylation sites is 1. The van der Waals surface area contributed by atoms with E-state index in [4.69, 9.17) is 21.1 Å². The molecule has 2 aromatic carbocycles. The summed E-state index contributed by atoms with van der Waals surface area (Å²) in [6.07, 6.45) is 0.647. The molecule has 164 valence electrons. The van der Waals surface area contributed by atoms with Gasteiger partial charge in [-0.1, -0.05) is 35.9 Å². The molecule has 2 aromatic rings. The van der Waals surface area contributed by atoms with Gasteiger partial charge in [0.15, 0.2) is 0 Å². The Hall–Kier alpha value is -2.83. The Balaban J connectivity index is 1.99. The molecule has 1 aliphatic heterocycles. The van der Waals surface area contributed by atoms with E-state index in [1.54, 1.807) is 24.3 Å². The van der Waals surface area contributed by atoms with Crippen LogP contribution in [0, 0.1) is 6.92 Å². The molecule has 2 amide bonds. The number of imide groups is 1. The number of nitrogens with zero attached hydrogens (tertiary/aromatic N) is 1. The lowest BCUT2D eigenvalue weighted by atomic mass is 10.0. The highest BCUT2D eigenvalue weighted by molar-refractivity contribution is 6.37. The zero-order valence-corrected chi connectivity index (χ0v) is 19.0. The minimum absolute atomic E-state index is 0.0929. The Kier molecular flexibility index (Phi) is 7.36. The van der Waals surface area contributed by atoms with Crippen LogP contribution < -0.4 is 10.1 Å². The fraction of sp³-hybridized carbons (Fsp3) is 0.333. The first-order valence-corrected chi connectivity index (χ1v) is 10.6. The summed E-state index contributed by atoms with van der Waals surface area (Å²) in [5.41, 5.74) is 2.52. The van der Waals surface area contributed by atoms with E-state index in [0.29, 0.717) is 35.1 Å². The predicted octanol–water partition coefficient (Wildman–Crippen LogP) is 4.66. The second-order valence-corrected chi connectivity index (χ2v) is 7.93. The molecule has 0 atom stereocenters. The zero-order chi connectivity index (χ0) is 22.5. The lowest BCUT2D eigenvalue weighted by molar-refractivity contribution is -0.137. The third-order valence-electron chi connectivity index (χ3n) is 5.05. The Morgan fingerprint density at radius 2 is 1.81 bits per heavy atom. The third kappa shape index (κ3) is 4.92. The van der Waals surface area contributed by atoms with E-state index >= 15 is 0 Å². The molecule has 0 saturated carbocycles. The van der Waals surface area contributed by atoms with Gasteiger partial charge in [0, 0.05) is 29.4 Å². The molecular formula is C24H27ClN2O4. The maximum atomic E-state index is 13.3. The Morgan fingerprint density at radius 3 is 2.52 bits per heavy atom. The second-order valence-electron chi connectivity index (χ2n) is 7.52. The van der Waals surface area contributed by atoms with Crippen molar-refractivity contribution in [1.29, 1.82) is 0 Å². The van der Waals surface area contributed by atoms with Crippen molar-refractivity contribution in [3.05, 3.63) is 64.3 Å². The highest BCUT2D eigenvalue weighted by Crippen LogP contribution is 2.36. The highest BCUT2D eigenvalue weighted by atomic mass is 35.5. The van der Waals surface area contributed by atoms with Crippen molar-refractivity contribution in [3.63, 3.8) is 0 Å². The highest BCUT2D eigenvalue weighted by Gasteiger charge is 2.40. The Labute approximate surface area is 187 Å². The summed E-state index contributed by atoms with van der Waals surface area (Å²) in [4.78, 5) is 27.9. The van der Waals surface area contributed by atoms with Crippen molar-refractivity contribution in [2.75, 3.05) is 25.6 Å². The lowest BCUT2D eigenvalue weighted by Gasteiger charge is -2.16. The van der Waals surface area contributed by atoms with Crippen molar-refractivity contribution >= 4 is 34.7 Å². The molecular weight excluding hydrogens is 416 g/mol. The Morgan fingerprint density at radius 1 is 1.06 bits per heavy atom. The molecule has 0 aromatic heterocycles. The molecule has 0 fully saturated rings. The number of halogens is 1. The van der Waals surface area contributed by atoms with Gasteiger partial charge in [-0.15, -0.1) is 0 Å². The van der Waals surface area contributed by atoms with Gasteiger partial charge in [0.2, 0.25) is 0 Å². The number of hydrogen-bond acceptors (Lipinski definition) is 5. The van der Waals surface area contributed by atoms with Gasteiger partial charge in [0.1, 0.15) is 11.4 Å². The zero-order valence-electron chi connectivity index (χ0n) is 18.2. The first-order chi connectivity index (χ1) is 14.8. The summed E-state index contributed by atoms with van der Waals surface area (Å²) in [6, 6.07) is 12.6. The minimum Gasteiger partial charge on any atom is -0.496 e. The van der Waals surface area contributed by atoms with Crippen molar-refractivity contribution in [2.24, 2.45) is 0 Å². The van der Waals surface area contributed by atoms with Gasteiger partial charge in [-0.2, -0.15) is 0 Å². The van der Waals surface area contributed by atoms with Crippen LogP contribution in [0.15, 0.2) is 48.2 Å². The molecule has 6 nitrogen and oxygen atoms in total. The molecule has 0 spiro atoms. The number of methoxy groups -OCH3 is 1. The molecule has 0 bridgehead atoms. The smallest absolute Gasteiger partial charge is 0.278 e. The topological polar surface area (TPSA) is 67.9 Å². The summed E-state index contributed by atoms with van der Waals surface area (Å²) in [7, 11) is 1.54. The largest absolute Gasteiger partial charge is 0.496 e. The van der Waals surface area contributed by atoms with E-state index in [-0.39, 0.29) is 35.7 Å². The number of nitrogens with one attached hydrogen (secondary N) is 1. The molecule has 0 aliphatic carbocycles. The average Bonchev–Trinajstić information content (AvgIpc) is 2.98. The Bertz CT molecular complexity index is 1020. The van der Waals surface area contributed by atoms with Gasteiger partial charge < -0.3 is 14.8 Å². The van der Waals surface area contributed by atoms with Crippen LogP contribution in [0.3, 0.4) is 0 Å². The van der Waals surface area contributed by atoms with E-state index in [9.17, 15) is 9.59 Å². The number of hydrogen-bond donors (Lipinski definition) is 1. The third-order valence-corrected chi connectivity index (χ3v) is 5.46. The van der Waals surface area contributed by atoms with Crippen LogP contribution in [0.4, 0.5) is 5.69 Å². The van der Waals surface area contributed by atoms with Gasteiger partial charge in [0.25, 0.3) is 11.8 Å². The molecule has 1 heterocycles. The summed E-state index contributed by atoms with van der Waals surface area (Å²) in [5, 5.41) is 3.74. The fourth-order valence-corrected chi connectivity index (χ4v) is 3.59. The second kappa shape index (κ2) is 9.98. The summed E-state index contributed by atoms with van der Waals surface area (Å²) < 4.78 is 11.0. The van der Waals surface area contributed by atoms with Crippen molar-refractivity contribution in [2.45, 2.75) is 33.3 Å². The minimum atomic E-state index is -0.380. The van der Waals surface area contributed by atoms with Crippen LogP contribution in [0.1, 0.15) is 31.4 Å². The van der Waals surface area contributed by atoms with E-state index in [2.05, 4.69) is 5.32 Å². The number of benzene rings is 2. The first-order valence-electron chi connectivity index (χ1n) is 10.2. The SMILES string of the molecule is COc1ccccc1C1=C(Nc2cccc(Cl)c2C)C(=O)N(CCCOC(C)C)C1=O. The number of ether oxygens (including phenoxy) is 2. The normalized spacial score (nSPS) is 14.1. The van der Waals surface area contributed by atoms with E-state index in [1.807, 2.05) is 39.0 Å². The standard InChI is InChI=1S/C24H27ClN2O4/c1-15(2)31-14-8-13-27-23(28)21(17-9-5-6-12-20(17)30-4)22(24(27)29)26-19-11-7-10-18(25)16(19)3/h5-7,9-12,15,26H,8,13-14H2,1-4H3. The maximum Gasteiger partial charge on any atom is 0.278 e. The van der Waals surface area contributed by atoms with E-state index in [0.717, 1.165) is 5.56 Å². The van der Waals surface area contributed by atoms with Crippen LogP contribution in [-0.4, -0.2) is 43.1 Å². The molecule has 7 heteroatoms. The summed E-state index contributed by atoms with van der Waals surface area (Å²) >= 11 is 6.25. The summed E-state index contributed by atoms with van der Waals surface area (Å²) in [6.45, 7) is 6.49. The van der Waals surface area contributed by atoms with Crippen LogP contribution in [-0.2, 0) is 14.3 Å². The number of anilines is 1. The van der Waals surface area contributed by atoms with Crippen molar-refractivity contribution < 1.29 is 19.1 Å². The van der Waals surface area contributed by atoms with Crippen LogP contribution >= 0.6 is 11.6 Å². The molecule has 1 aliphatic rings. The molecule has 31 heavy (non-hydrogen) atoms. The van der Waals surface area contributed by atoms with Gasteiger partial charge >= 0.3 is 0 Å². The van der Waals surface area contributed by atoms with Crippen LogP contribution in [0.25, 0.3) is 5.57 Å².